The summed E-state index contributed by atoms with van der Waals surface area (Å²) >= 11 is 0. The average Bonchev–Trinajstić information content (AvgIpc) is 2.81. The number of rotatable bonds is 1. The molecule has 4 heteroatoms. The Morgan fingerprint density at radius 1 is 0.710 bits per heavy atom. The number of carbonyl (C=O) groups is 2. The third-order valence-electron chi connectivity index (χ3n) is 6.06. The van der Waals surface area contributed by atoms with Gasteiger partial charge < -0.3 is 9.84 Å². The van der Waals surface area contributed by atoms with Crippen LogP contribution in [-0.4, -0.2) is 16.7 Å². The van der Waals surface area contributed by atoms with Crippen molar-refractivity contribution in [1.29, 1.82) is 0 Å². The van der Waals surface area contributed by atoms with Gasteiger partial charge in [0.2, 0.25) is 5.78 Å². The molecule has 2 aliphatic rings. The number of ether oxygens (including phenoxy) is 1. The molecule has 0 bridgehead atoms. The van der Waals surface area contributed by atoms with Crippen molar-refractivity contribution in [3.63, 3.8) is 0 Å². The van der Waals surface area contributed by atoms with Gasteiger partial charge in [0.15, 0.2) is 11.5 Å². The van der Waals surface area contributed by atoms with Crippen molar-refractivity contribution >= 4 is 22.3 Å². The van der Waals surface area contributed by atoms with Crippen LogP contribution in [0.4, 0.5) is 0 Å². The minimum atomic E-state index is -0.491. The monoisotopic (exact) mass is 404 g/mol. The van der Waals surface area contributed by atoms with Gasteiger partial charge in [0.05, 0.1) is 5.57 Å². The molecule has 4 nitrogen and oxygen atoms in total. The van der Waals surface area contributed by atoms with E-state index >= 15 is 0 Å². The molecule has 0 aromatic heterocycles. The maximum atomic E-state index is 13.7. The summed E-state index contributed by atoms with van der Waals surface area (Å²) < 4.78 is 6.12. The summed E-state index contributed by atoms with van der Waals surface area (Å²) in [5.41, 5.74) is 2.76. The zero-order valence-corrected chi connectivity index (χ0v) is 16.3. The number of ketones is 2. The summed E-state index contributed by atoms with van der Waals surface area (Å²) in [6.45, 7) is 0. The van der Waals surface area contributed by atoms with Gasteiger partial charge in [-0.1, -0.05) is 66.7 Å². The van der Waals surface area contributed by atoms with E-state index in [1.807, 2.05) is 36.4 Å². The zero-order chi connectivity index (χ0) is 21.1. The van der Waals surface area contributed by atoms with Gasteiger partial charge in [-0.25, -0.2) is 0 Å². The van der Waals surface area contributed by atoms with Crippen molar-refractivity contribution in [2.24, 2.45) is 0 Å². The molecule has 0 saturated heterocycles. The van der Waals surface area contributed by atoms with E-state index in [-0.39, 0.29) is 23.1 Å². The second kappa shape index (κ2) is 6.41. The topological polar surface area (TPSA) is 63.6 Å². The molecule has 148 valence electrons. The first kappa shape index (κ1) is 17.7. The molecule has 0 amide bonds. The highest BCUT2D eigenvalue weighted by atomic mass is 16.5. The first-order valence-electron chi connectivity index (χ1n) is 10.0. The Kier molecular flexibility index (Phi) is 3.65. The van der Waals surface area contributed by atoms with Gasteiger partial charge in [0, 0.05) is 22.6 Å². The largest absolute Gasteiger partial charge is 0.508 e. The third-order valence-corrected chi connectivity index (χ3v) is 6.06. The van der Waals surface area contributed by atoms with Gasteiger partial charge >= 0.3 is 0 Å². The number of aromatic hydroxyl groups is 1. The van der Waals surface area contributed by atoms with E-state index in [1.165, 1.54) is 0 Å². The molecule has 0 saturated carbocycles. The molecule has 4 aromatic rings. The molecule has 0 radical (unpaired) electrons. The van der Waals surface area contributed by atoms with Crippen molar-refractivity contribution in [2.45, 2.75) is 5.92 Å². The predicted molar refractivity (Wildman–Crippen MR) is 117 cm³/mol. The standard InChI is InChI=1S/C27H16O4/c28-17-12-9-16(10-13-17)22-23-18-6-2-1-5-15(18)11-14-21(23)31-27-24(22)25(29)19-7-3-4-8-20(19)26(27)30/h1-14,22,28H. The maximum absolute atomic E-state index is 13.7. The van der Waals surface area contributed by atoms with Crippen molar-refractivity contribution in [3.05, 3.63) is 119 Å². The lowest BCUT2D eigenvalue weighted by Crippen LogP contribution is -2.31. The van der Waals surface area contributed by atoms with E-state index in [4.69, 9.17) is 4.74 Å². The van der Waals surface area contributed by atoms with Gasteiger partial charge in [-0.2, -0.15) is 0 Å². The van der Waals surface area contributed by atoms with Crippen LogP contribution in [0.2, 0.25) is 0 Å². The number of phenols is 1. The molecule has 0 spiro atoms. The Morgan fingerprint density at radius 2 is 1.39 bits per heavy atom. The van der Waals surface area contributed by atoms with Crippen LogP contribution in [0.15, 0.2) is 96.3 Å². The summed E-state index contributed by atoms with van der Waals surface area (Å²) in [5.74, 6) is -0.190. The Balaban J connectivity index is 1.69. The number of hydrogen-bond acceptors (Lipinski definition) is 4. The van der Waals surface area contributed by atoms with Crippen molar-refractivity contribution < 1.29 is 19.4 Å². The van der Waals surface area contributed by atoms with E-state index in [2.05, 4.69) is 0 Å². The molecule has 1 aliphatic carbocycles. The molecule has 31 heavy (non-hydrogen) atoms. The molecular formula is C27H16O4. The fraction of sp³-hybridized carbons (Fsp3) is 0.0370. The molecule has 1 aliphatic heterocycles. The normalized spacial score (nSPS) is 17.1. The van der Waals surface area contributed by atoms with Gasteiger partial charge in [-0.3, -0.25) is 9.59 Å². The molecular weight excluding hydrogens is 388 g/mol. The Hall–Kier alpha value is -4.18. The van der Waals surface area contributed by atoms with Gasteiger partial charge in [0.1, 0.15) is 11.5 Å². The second-order valence-corrected chi connectivity index (χ2v) is 7.77. The predicted octanol–water partition coefficient (Wildman–Crippen LogP) is 5.40. The molecule has 6 rings (SSSR count). The van der Waals surface area contributed by atoms with E-state index in [0.29, 0.717) is 22.4 Å². The number of benzene rings is 4. The molecule has 1 unspecified atom stereocenters. The Morgan fingerprint density at radius 3 is 2.16 bits per heavy atom. The number of carbonyl (C=O) groups excluding carboxylic acids is 2. The van der Waals surface area contributed by atoms with Crippen LogP contribution in [0.25, 0.3) is 10.8 Å². The van der Waals surface area contributed by atoms with E-state index in [1.54, 1.807) is 48.5 Å². The fourth-order valence-electron chi connectivity index (χ4n) is 4.65. The minimum Gasteiger partial charge on any atom is -0.508 e. The number of hydrogen-bond donors (Lipinski definition) is 1. The third kappa shape index (κ3) is 2.48. The SMILES string of the molecule is O=C1C2=C(C(=O)c3ccccc31)C(c1ccc(O)cc1)c1c(ccc3ccccc13)O2. The van der Waals surface area contributed by atoms with Crippen LogP contribution >= 0.6 is 0 Å². The second-order valence-electron chi connectivity index (χ2n) is 7.77. The van der Waals surface area contributed by atoms with Crippen LogP contribution in [0, 0.1) is 0 Å². The van der Waals surface area contributed by atoms with Gasteiger partial charge in [0.25, 0.3) is 0 Å². The average molecular weight is 404 g/mol. The van der Waals surface area contributed by atoms with Crippen LogP contribution in [0.5, 0.6) is 11.5 Å². The lowest BCUT2D eigenvalue weighted by atomic mass is 9.74. The van der Waals surface area contributed by atoms with Crippen LogP contribution in [0.1, 0.15) is 37.8 Å². The Labute approximate surface area is 178 Å². The number of fused-ring (bicyclic) bond motifs is 4. The van der Waals surface area contributed by atoms with Gasteiger partial charge in [-0.05, 0) is 34.5 Å². The smallest absolute Gasteiger partial charge is 0.229 e. The molecule has 1 heterocycles. The molecule has 1 atom stereocenters. The van der Waals surface area contributed by atoms with Crippen molar-refractivity contribution in [3.8, 4) is 11.5 Å². The summed E-state index contributed by atoms with van der Waals surface area (Å²) in [4.78, 5) is 27.0. The summed E-state index contributed by atoms with van der Waals surface area (Å²) in [6, 6.07) is 25.4. The highest BCUT2D eigenvalue weighted by Crippen LogP contribution is 2.49. The number of phenolic OH excluding ortho intramolecular Hbond substituents is 1. The zero-order valence-electron chi connectivity index (χ0n) is 16.3. The first-order valence-corrected chi connectivity index (χ1v) is 10.0. The summed E-state index contributed by atoms with van der Waals surface area (Å²) in [5, 5.41) is 11.8. The van der Waals surface area contributed by atoms with E-state index in [9.17, 15) is 14.7 Å². The van der Waals surface area contributed by atoms with E-state index < -0.39 is 5.92 Å². The Bertz CT molecular complexity index is 1440. The quantitative estimate of drug-likeness (QED) is 0.461. The summed E-state index contributed by atoms with van der Waals surface area (Å²) in [6.07, 6.45) is 0. The number of Topliss-reactive ketones (excluding diaryl/α,β-unsaturated/α-hetero) is 2. The highest BCUT2D eigenvalue weighted by Gasteiger charge is 2.43. The molecule has 0 fully saturated rings. The van der Waals surface area contributed by atoms with Crippen LogP contribution in [-0.2, 0) is 0 Å². The minimum absolute atomic E-state index is 0.0876. The lowest BCUT2D eigenvalue weighted by Gasteiger charge is -2.33. The van der Waals surface area contributed by atoms with Crippen molar-refractivity contribution in [2.75, 3.05) is 0 Å². The lowest BCUT2D eigenvalue weighted by molar-refractivity contribution is 0.0927. The molecule has 1 N–H and O–H groups in total. The van der Waals surface area contributed by atoms with Crippen LogP contribution in [0.3, 0.4) is 0 Å². The van der Waals surface area contributed by atoms with Gasteiger partial charge in [-0.15, -0.1) is 0 Å². The summed E-state index contributed by atoms with van der Waals surface area (Å²) in [7, 11) is 0. The van der Waals surface area contributed by atoms with E-state index in [0.717, 1.165) is 21.9 Å². The maximum Gasteiger partial charge on any atom is 0.229 e. The van der Waals surface area contributed by atoms with Crippen molar-refractivity contribution in [1.82, 2.24) is 0 Å². The first-order chi connectivity index (χ1) is 15.1. The fourth-order valence-corrected chi connectivity index (χ4v) is 4.65. The van der Waals surface area contributed by atoms with Crippen LogP contribution < -0.4 is 4.74 Å². The highest BCUT2D eigenvalue weighted by molar-refractivity contribution is 6.27. The molecule has 4 aromatic carbocycles. The number of allylic oxidation sites excluding steroid dienone is 2.